The topological polar surface area (TPSA) is 62.0 Å². The van der Waals surface area contributed by atoms with Crippen LogP contribution in [0, 0.1) is 0 Å². The van der Waals surface area contributed by atoms with Gasteiger partial charge in [-0.2, -0.15) is 0 Å². The van der Waals surface area contributed by atoms with E-state index in [0.29, 0.717) is 31.5 Å². The Balaban J connectivity index is 1.82. The minimum absolute atomic E-state index is 0.248. The summed E-state index contributed by atoms with van der Waals surface area (Å²) >= 11 is 19.2. The number of anilines is 1. The number of benzene rings is 2. The molecule has 28 heavy (non-hydrogen) atoms. The number of amides is 1. The van der Waals surface area contributed by atoms with Gasteiger partial charge in [0.05, 0.1) is 15.6 Å². The molecule has 4 nitrogen and oxygen atoms in total. The molecule has 0 spiro atoms. The van der Waals surface area contributed by atoms with E-state index in [-0.39, 0.29) is 21.4 Å². The number of fused-ring (bicyclic) bond motifs is 1. The third kappa shape index (κ3) is 3.54. The van der Waals surface area contributed by atoms with Crippen molar-refractivity contribution >= 4 is 74.4 Å². The van der Waals surface area contributed by atoms with Crippen LogP contribution in [0.4, 0.5) is 5.69 Å². The van der Waals surface area contributed by atoms with Gasteiger partial charge in [-0.1, -0.05) is 65.1 Å². The molecule has 0 saturated heterocycles. The normalized spacial score (nSPS) is 11.0. The van der Waals surface area contributed by atoms with Gasteiger partial charge in [-0.25, -0.2) is 0 Å². The molecule has 0 aliphatic heterocycles. The fourth-order valence-corrected chi connectivity index (χ4v) is 4.51. The number of ketones is 1. The van der Waals surface area contributed by atoms with Gasteiger partial charge < -0.3 is 10.3 Å². The molecule has 140 valence electrons. The first kappa shape index (κ1) is 19.0. The lowest BCUT2D eigenvalue weighted by molar-refractivity contribution is 0.102. The molecule has 2 aromatic heterocycles. The predicted molar refractivity (Wildman–Crippen MR) is 115 cm³/mol. The van der Waals surface area contributed by atoms with E-state index in [2.05, 4.69) is 10.3 Å². The summed E-state index contributed by atoms with van der Waals surface area (Å²) in [6, 6.07) is 15.4. The summed E-state index contributed by atoms with van der Waals surface area (Å²) in [5.74, 6) is -0.705. The lowest BCUT2D eigenvalue weighted by atomic mass is 10.1. The molecule has 2 aromatic carbocycles. The van der Waals surface area contributed by atoms with Crippen molar-refractivity contribution in [1.82, 2.24) is 4.98 Å². The van der Waals surface area contributed by atoms with Gasteiger partial charge in [-0.15, -0.1) is 11.3 Å². The number of carbonyl (C=O) groups is 2. The van der Waals surface area contributed by atoms with Crippen molar-refractivity contribution in [2.45, 2.75) is 0 Å². The molecule has 0 bridgehead atoms. The molecule has 0 aliphatic carbocycles. The Hall–Kier alpha value is -2.31. The van der Waals surface area contributed by atoms with E-state index in [1.807, 2.05) is 6.07 Å². The number of hydrogen-bond acceptors (Lipinski definition) is 3. The van der Waals surface area contributed by atoms with Gasteiger partial charge >= 0.3 is 0 Å². The minimum Gasteiger partial charge on any atom is -0.350 e. The summed E-state index contributed by atoms with van der Waals surface area (Å²) in [4.78, 5) is 28.9. The van der Waals surface area contributed by atoms with Crippen LogP contribution in [0.15, 0.2) is 54.6 Å². The van der Waals surface area contributed by atoms with Crippen molar-refractivity contribution in [3.63, 3.8) is 0 Å². The second kappa shape index (κ2) is 7.60. The molecule has 4 rings (SSSR count). The Morgan fingerprint density at radius 2 is 1.71 bits per heavy atom. The number of hydrogen-bond donors (Lipinski definition) is 2. The zero-order chi connectivity index (χ0) is 19.8. The summed E-state index contributed by atoms with van der Waals surface area (Å²) < 4.78 is 0.683. The summed E-state index contributed by atoms with van der Waals surface area (Å²) in [5.41, 5.74) is 2.00. The summed E-state index contributed by atoms with van der Waals surface area (Å²) in [6.45, 7) is 0. The Morgan fingerprint density at radius 1 is 0.964 bits per heavy atom. The third-order valence-electron chi connectivity index (χ3n) is 4.16. The number of rotatable bonds is 4. The summed E-state index contributed by atoms with van der Waals surface area (Å²) in [6.07, 6.45) is 0. The van der Waals surface area contributed by atoms with Crippen molar-refractivity contribution < 1.29 is 9.59 Å². The fraction of sp³-hybridized carbons (Fsp3) is 0. The molecule has 0 saturated carbocycles. The van der Waals surface area contributed by atoms with Gasteiger partial charge in [0.25, 0.3) is 5.91 Å². The Morgan fingerprint density at radius 3 is 2.39 bits per heavy atom. The van der Waals surface area contributed by atoms with Crippen molar-refractivity contribution in [3.05, 3.63) is 85.1 Å². The molecule has 0 aliphatic rings. The van der Waals surface area contributed by atoms with Crippen molar-refractivity contribution in [1.29, 1.82) is 0 Å². The van der Waals surface area contributed by atoms with E-state index in [9.17, 15) is 9.59 Å². The van der Waals surface area contributed by atoms with E-state index in [0.717, 1.165) is 11.3 Å². The number of nitrogens with one attached hydrogen (secondary N) is 2. The van der Waals surface area contributed by atoms with Gasteiger partial charge in [0.1, 0.15) is 10.0 Å². The number of halogens is 3. The van der Waals surface area contributed by atoms with Crippen LogP contribution >= 0.6 is 46.1 Å². The first-order chi connectivity index (χ1) is 13.4. The highest BCUT2D eigenvalue weighted by molar-refractivity contribution is 7.20. The monoisotopic (exact) mass is 448 g/mol. The number of aromatic nitrogens is 1. The van der Waals surface area contributed by atoms with Crippen LogP contribution in [-0.4, -0.2) is 16.7 Å². The quantitative estimate of drug-likeness (QED) is 0.342. The highest BCUT2D eigenvalue weighted by Gasteiger charge is 2.23. The van der Waals surface area contributed by atoms with Crippen molar-refractivity contribution in [2.24, 2.45) is 0 Å². The molecule has 0 fully saturated rings. The maximum Gasteiger partial charge on any atom is 0.258 e. The van der Waals surface area contributed by atoms with Crippen LogP contribution in [0.25, 0.3) is 10.9 Å². The Labute approximate surface area is 179 Å². The highest BCUT2D eigenvalue weighted by Crippen LogP contribution is 2.34. The molecule has 8 heteroatoms. The predicted octanol–water partition coefficient (Wildman–Crippen LogP) is 6.67. The first-order valence-electron chi connectivity index (χ1n) is 8.11. The minimum atomic E-state index is -0.453. The second-order valence-corrected chi connectivity index (χ2v) is 8.67. The number of thiophene rings is 1. The van der Waals surface area contributed by atoms with E-state index < -0.39 is 5.91 Å². The summed E-state index contributed by atoms with van der Waals surface area (Å²) in [7, 11) is 0. The van der Waals surface area contributed by atoms with Crippen molar-refractivity contribution in [2.75, 3.05) is 5.32 Å². The van der Waals surface area contributed by atoms with Crippen LogP contribution in [0.5, 0.6) is 0 Å². The van der Waals surface area contributed by atoms with Crippen LogP contribution in [-0.2, 0) is 0 Å². The van der Waals surface area contributed by atoms with Crippen LogP contribution < -0.4 is 5.32 Å². The molecule has 0 radical (unpaired) electrons. The van der Waals surface area contributed by atoms with Crippen molar-refractivity contribution in [3.8, 4) is 0 Å². The largest absolute Gasteiger partial charge is 0.350 e. The number of H-pyrrole nitrogens is 1. The van der Waals surface area contributed by atoms with Crippen LogP contribution in [0.3, 0.4) is 0 Å². The average Bonchev–Trinajstić information content (AvgIpc) is 3.20. The molecule has 0 unspecified atom stereocenters. The zero-order valence-electron chi connectivity index (χ0n) is 14.1. The SMILES string of the molecule is O=C(Nc1c(C(=O)c2ccccc2)[nH]c2cc(Cl)ccc12)c1cc(Cl)sc1Cl. The Kier molecular flexibility index (Phi) is 5.17. The average molecular weight is 450 g/mol. The van der Waals surface area contributed by atoms with Gasteiger partial charge in [0.2, 0.25) is 5.78 Å². The molecule has 4 aromatic rings. The smallest absolute Gasteiger partial charge is 0.258 e. The first-order valence-corrected chi connectivity index (χ1v) is 10.1. The number of carbonyl (C=O) groups excluding carboxylic acids is 2. The maximum absolute atomic E-state index is 13.1. The molecule has 0 atom stereocenters. The lowest BCUT2D eigenvalue weighted by Crippen LogP contribution is -2.14. The second-order valence-electron chi connectivity index (χ2n) is 5.95. The summed E-state index contributed by atoms with van der Waals surface area (Å²) in [5, 5.41) is 3.98. The number of aromatic amines is 1. The van der Waals surface area contributed by atoms with Crippen LogP contribution in [0.2, 0.25) is 13.7 Å². The molecule has 1 amide bonds. The molecule has 2 N–H and O–H groups in total. The molecule has 2 heterocycles. The zero-order valence-corrected chi connectivity index (χ0v) is 17.1. The lowest BCUT2D eigenvalue weighted by Gasteiger charge is -2.07. The highest BCUT2D eigenvalue weighted by atomic mass is 35.5. The van der Waals surface area contributed by atoms with E-state index in [1.54, 1.807) is 42.5 Å². The van der Waals surface area contributed by atoms with Gasteiger partial charge in [0.15, 0.2) is 0 Å². The van der Waals surface area contributed by atoms with Crippen LogP contribution in [0.1, 0.15) is 26.4 Å². The van der Waals surface area contributed by atoms with Gasteiger partial charge in [-0.05, 0) is 24.3 Å². The Bertz CT molecular complexity index is 1220. The molecular weight excluding hydrogens is 439 g/mol. The fourth-order valence-electron chi connectivity index (χ4n) is 2.88. The standard InChI is InChI=1S/C20H11Cl3N2O2S/c21-11-6-7-12-14(8-11)24-17(18(26)10-4-2-1-3-5-10)16(12)25-20(27)13-9-15(22)28-19(13)23/h1-9,24H,(H,25,27). The van der Waals surface area contributed by atoms with E-state index in [4.69, 9.17) is 34.8 Å². The molecular formula is C20H11Cl3N2O2S. The van der Waals surface area contributed by atoms with E-state index >= 15 is 0 Å². The van der Waals surface area contributed by atoms with E-state index in [1.165, 1.54) is 6.07 Å². The third-order valence-corrected chi connectivity index (χ3v) is 5.89. The maximum atomic E-state index is 13.1. The van der Waals surface area contributed by atoms with Gasteiger partial charge in [0, 0.05) is 21.5 Å². The van der Waals surface area contributed by atoms with Gasteiger partial charge in [-0.3, -0.25) is 9.59 Å².